The number of likely N-dealkylation sites (N-methyl/N-ethyl adjacent to an activating group) is 1. The van der Waals surface area contributed by atoms with E-state index in [2.05, 4.69) is 15.3 Å². The molecule has 9 nitrogen and oxygen atoms in total. The average molecular weight is 354 g/mol. The number of furan rings is 1. The first-order valence-corrected chi connectivity index (χ1v) is 8.26. The van der Waals surface area contributed by atoms with E-state index in [1.807, 2.05) is 0 Å². The molecule has 1 unspecified atom stereocenters. The monoisotopic (exact) mass is 354 g/mol. The third-order valence-corrected chi connectivity index (χ3v) is 4.63. The number of hydrogen-bond donors (Lipinski definition) is 2. The molecule has 0 aromatic carbocycles. The van der Waals surface area contributed by atoms with E-state index in [0.717, 1.165) is 19.5 Å². The molecule has 1 saturated heterocycles. The minimum atomic E-state index is -0.705. The van der Waals surface area contributed by atoms with Crippen LogP contribution in [-0.4, -0.2) is 57.3 Å². The van der Waals surface area contributed by atoms with Gasteiger partial charge in [-0.1, -0.05) is 0 Å². The number of primary amides is 1. The second-order valence-corrected chi connectivity index (χ2v) is 6.22. The highest BCUT2D eigenvalue weighted by molar-refractivity contribution is 5.99. The number of hydrogen-bond acceptors (Lipinski definition) is 6. The number of rotatable bonds is 4. The van der Waals surface area contributed by atoms with Crippen LogP contribution in [0.15, 0.2) is 35.2 Å². The Morgan fingerprint density at radius 1 is 1.46 bits per heavy atom. The zero-order valence-electron chi connectivity index (χ0n) is 14.2. The Bertz CT molecular complexity index is 972. The summed E-state index contributed by atoms with van der Waals surface area (Å²) >= 11 is 0. The molecule has 26 heavy (non-hydrogen) atoms. The van der Waals surface area contributed by atoms with Gasteiger partial charge in [0.1, 0.15) is 17.7 Å². The molecule has 0 bridgehead atoms. The molecule has 1 fully saturated rings. The first-order valence-electron chi connectivity index (χ1n) is 8.26. The van der Waals surface area contributed by atoms with Crippen molar-refractivity contribution < 1.29 is 14.0 Å². The van der Waals surface area contributed by atoms with Gasteiger partial charge >= 0.3 is 0 Å². The molecule has 134 valence electrons. The number of fused-ring (bicyclic) bond motifs is 1. The molecule has 3 aromatic heterocycles. The van der Waals surface area contributed by atoms with Gasteiger partial charge in [0.25, 0.3) is 11.8 Å². The number of carbonyl (C=O) groups is 2. The van der Waals surface area contributed by atoms with E-state index in [1.54, 1.807) is 30.1 Å². The van der Waals surface area contributed by atoms with Gasteiger partial charge in [-0.05, 0) is 31.2 Å². The fraction of sp³-hybridized carbons (Fsp3) is 0.294. The van der Waals surface area contributed by atoms with Crippen molar-refractivity contribution >= 4 is 17.5 Å². The van der Waals surface area contributed by atoms with Gasteiger partial charge < -0.3 is 20.4 Å². The summed E-state index contributed by atoms with van der Waals surface area (Å²) in [7, 11) is 1.77. The number of nitrogens with one attached hydrogen (secondary N) is 1. The Morgan fingerprint density at radius 3 is 2.96 bits per heavy atom. The van der Waals surface area contributed by atoms with Gasteiger partial charge in [0, 0.05) is 19.6 Å². The third kappa shape index (κ3) is 2.62. The molecule has 1 atom stereocenters. The first-order chi connectivity index (χ1) is 12.6. The van der Waals surface area contributed by atoms with E-state index in [4.69, 9.17) is 10.2 Å². The van der Waals surface area contributed by atoms with E-state index in [-0.39, 0.29) is 23.3 Å². The summed E-state index contributed by atoms with van der Waals surface area (Å²) in [5.74, 6) is -0.404. The van der Waals surface area contributed by atoms with Crippen LogP contribution in [0.25, 0.3) is 17.1 Å². The summed E-state index contributed by atoms with van der Waals surface area (Å²) in [6, 6.07) is 5.21. The summed E-state index contributed by atoms with van der Waals surface area (Å²) < 4.78 is 6.89. The quantitative estimate of drug-likeness (QED) is 0.705. The molecular weight excluding hydrogens is 336 g/mol. The Hall–Kier alpha value is -3.20. The standard InChI is InChI=1S/C17H18N6O3/c1-22(10-4-5-19-8-10)17(25)12-7-11(13-3-2-6-26-13)21-16-14(15(18)24)20-9-23(12)16/h2-3,6-7,9-10,19H,4-5,8H2,1H3,(H2,18,24). The van der Waals surface area contributed by atoms with Gasteiger partial charge in [-0.15, -0.1) is 0 Å². The molecule has 0 saturated carbocycles. The number of aromatic nitrogens is 3. The van der Waals surface area contributed by atoms with E-state index in [1.165, 1.54) is 17.0 Å². The van der Waals surface area contributed by atoms with Gasteiger partial charge in [-0.2, -0.15) is 0 Å². The van der Waals surface area contributed by atoms with Crippen molar-refractivity contribution in [2.24, 2.45) is 5.73 Å². The Balaban J connectivity index is 1.86. The van der Waals surface area contributed by atoms with Crippen molar-refractivity contribution in [3.05, 3.63) is 42.2 Å². The van der Waals surface area contributed by atoms with Gasteiger partial charge in [-0.25, -0.2) is 9.97 Å². The zero-order valence-corrected chi connectivity index (χ0v) is 14.2. The number of carbonyl (C=O) groups excluding carboxylic acids is 2. The minimum absolute atomic E-state index is 0.0117. The summed E-state index contributed by atoms with van der Waals surface area (Å²) in [5, 5.41) is 3.25. The molecule has 2 amide bonds. The normalized spacial score (nSPS) is 16.9. The molecule has 1 aliphatic rings. The predicted molar refractivity (Wildman–Crippen MR) is 92.6 cm³/mol. The third-order valence-electron chi connectivity index (χ3n) is 4.63. The molecule has 4 rings (SSSR count). The smallest absolute Gasteiger partial charge is 0.271 e. The van der Waals surface area contributed by atoms with Crippen molar-refractivity contribution in [1.82, 2.24) is 24.6 Å². The lowest BCUT2D eigenvalue weighted by molar-refractivity contribution is 0.0736. The predicted octanol–water partition coefficient (Wildman–Crippen LogP) is 0.522. The van der Waals surface area contributed by atoms with Crippen molar-refractivity contribution in [1.29, 1.82) is 0 Å². The van der Waals surface area contributed by atoms with Crippen molar-refractivity contribution in [2.45, 2.75) is 12.5 Å². The Morgan fingerprint density at radius 2 is 2.31 bits per heavy atom. The van der Waals surface area contributed by atoms with Gasteiger partial charge in [0.15, 0.2) is 17.1 Å². The number of nitrogens with two attached hydrogens (primary N) is 1. The lowest BCUT2D eigenvalue weighted by atomic mass is 10.2. The van der Waals surface area contributed by atoms with E-state index >= 15 is 0 Å². The highest BCUT2D eigenvalue weighted by Crippen LogP contribution is 2.23. The topological polar surface area (TPSA) is 119 Å². The lowest BCUT2D eigenvalue weighted by Gasteiger charge is -2.24. The van der Waals surface area contributed by atoms with Crippen LogP contribution in [0.3, 0.4) is 0 Å². The Kier molecular flexibility index (Phi) is 3.92. The largest absolute Gasteiger partial charge is 0.463 e. The van der Waals surface area contributed by atoms with Crippen LogP contribution in [0.2, 0.25) is 0 Å². The fourth-order valence-electron chi connectivity index (χ4n) is 3.18. The van der Waals surface area contributed by atoms with Gasteiger partial charge in [0.05, 0.1) is 6.26 Å². The summed E-state index contributed by atoms with van der Waals surface area (Å²) in [5.41, 5.74) is 6.42. The number of nitrogens with zero attached hydrogens (tertiary/aromatic N) is 4. The van der Waals surface area contributed by atoms with Crippen LogP contribution in [0.1, 0.15) is 27.4 Å². The molecule has 9 heteroatoms. The summed E-state index contributed by atoms with van der Waals surface area (Å²) in [6.45, 7) is 1.63. The van der Waals surface area contributed by atoms with Crippen LogP contribution in [0.5, 0.6) is 0 Å². The highest BCUT2D eigenvalue weighted by Gasteiger charge is 2.27. The fourth-order valence-corrected chi connectivity index (χ4v) is 3.18. The first kappa shape index (κ1) is 16.3. The van der Waals surface area contributed by atoms with Crippen LogP contribution in [0, 0.1) is 0 Å². The molecule has 1 aliphatic heterocycles. The maximum Gasteiger partial charge on any atom is 0.271 e. The summed E-state index contributed by atoms with van der Waals surface area (Å²) in [6.07, 6.45) is 3.80. The van der Waals surface area contributed by atoms with Gasteiger partial charge in [0.2, 0.25) is 0 Å². The number of amides is 2. The molecule has 3 N–H and O–H groups in total. The zero-order chi connectivity index (χ0) is 18.3. The maximum atomic E-state index is 13.1. The molecule has 0 radical (unpaired) electrons. The lowest BCUT2D eigenvalue weighted by Crippen LogP contribution is -2.39. The molecule has 0 spiro atoms. The maximum absolute atomic E-state index is 13.1. The SMILES string of the molecule is CN(C(=O)c1cc(-c2ccco2)nc2c(C(N)=O)ncn12)C1CCNC1. The van der Waals surface area contributed by atoms with E-state index in [9.17, 15) is 9.59 Å². The Labute approximate surface area is 148 Å². The van der Waals surface area contributed by atoms with Crippen molar-refractivity contribution in [2.75, 3.05) is 20.1 Å². The van der Waals surface area contributed by atoms with Crippen LogP contribution >= 0.6 is 0 Å². The highest BCUT2D eigenvalue weighted by atomic mass is 16.3. The molecule has 3 aromatic rings. The molecule has 4 heterocycles. The minimum Gasteiger partial charge on any atom is -0.463 e. The van der Waals surface area contributed by atoms with E-state index in [0.29, 0.717) is 17.1 Å². The van der Waals surface area contributed by atoms with E-state index < -0.39 is 5.91 Å². The van der Waals surface area contributed by atoms with Crippen LogP contribution < -0.4 is 11.1 Å². The van der Waals surface area contributed by atoms with Crippen LogP contribution in [-0.2, 0) is 0 Å². The summed E-state index contributed by atoms with van der Waals surface area (Å²) in [4.78, 5) is 34.9. The van der Waals surface area contributed by atoms with Crippen molar-refractivity contribution in [3.63, 3.8) is 0 Å². The van der Waals surface area contributed by atoms with Crippen molar-refractivity contribution in [3.8, 4) is 11.5 Å². The van der Waals surface area contributed by atoms with Crippen LogP contribution in [0.4, 0.5) is 0 Å². The second kappa shape index (κ2) is 6.26. The second-order valence-electron chi connectivity index (χ2n) is 6.22. The molecular formula is C17H18N6O3. The molecule has 0 aliphatic carbocycles. The average Bonchev–Trinajstić information content (AvgIpc) is 3.40. The van der Waals surface area contributed by atoms with Gasteiger partial charge in [-0.3, -0.25) is 14.0 Å². The number of imidazole rings is 1.